The van der Waals surface area contributed by atoms with Gasteiger partial charge in [-0.1, -0.05) is 83.9 Å². The van der Waals surface area contributed by atoms with Crippen LogP contribution in [0.2, 0.25) is 10.0 Å². The lowest BCUT2D eigenvalue weighted by Crippen LogP contribution is -2.43. The third-order valence-electron chi connectivity index (χ3n) is 4.89. The second-order valence-corrected chi connectivity index (χ2v) is 7.81. The van der Waals surface area contributed by atoms with E-state index >= 15 is 0 Å². The summed E-state index contributed by atoms with van der Waals surface area (Å²) in [5.41, 5.74) is 1.99. The van der Waals surface area contributed by atoms with E-state index in [0.717, 1.165) is 0 Å². The number of carbonyl (C=O) groups is 1. The van der Waals surface area contributed by atoms with Crippen molar-refractivity contribution in [1.29, 1.82) is 0 Å². The Morgan fingerprint density at radius 1 is 0.906 bits per heavy atom. The molecule has 4 rings (SSSR count). The number of nitrogens with zero attached hydrogens (tertiary/aromatic N) is 1. The molecule has 0 radical (unpaired) electrons. The van der Waals surface area contributed by atoms with E-state index in [4.69, 9.17) is 27.6 Å². The van der Waals surface area contributed by atoms with E-state index in [-0.39, 0.29) is 0 Å². The molecule has 5 nitrogen and oxygen atoms in total. The molecule has 1 heterocycles. The minimum absolute atomic E-state index is 0.388. The summed E-state index contributed by atoms with van der Waals surface area (Å²) < 4.78 is 5.74. The van der Waals surface area contributed by atoms with Crippen LogP contribution < -0.4 is 5.43 Å². The van der Waals surface area contributed by atoms with Crippen LogP contribution in [0.1, 0.15) is 16.9 Å². The fraction of sp³-hybridized carbons (Fsp3) is 0.0400. The van der Waals surface area contributed by atoms with Gasteiger partial charge in [-0.3, -0.25) is 4.79 Å². The zero-order chi connectivity index (χ0) is 22.6. The highest BCUT2D eigenvalue weighted by molar-refractivity contribution is 6.35. The summed E-state index contributed by atoms with van der Waals surface area (Å²) in [7, 11) is 0. The van der Waals surface area contributed by atoms with E-state index in [9.17, 15) is 9.90 Å². The highest BCUT2D eigenvalue weighted by atomic mass is 35.5. The molecule has 0 atom stereocenters. The number of hydrazone groups is 1. The summed E-state index contributed by atoms with van der Waals surface area (Å²) in [6.07, 6.45) is 1.34. The normalized spacial score (nSPS) is 11.6. The number of hydrogen-bond acceptors (Lipinski definition) is 4. The van der Waals surface area contributed by atoms with Crippen LogP contribution in [-0.4, -0.2) is 17.2 Å². The first-order chi connectivity index (χ1) is 15.5. The van der Waals surface area contributed by atoms with E-state index in [1.807, 2.05) is 12.1 Å². The topological polar surface area (TPSA) is 74.8 Å². The minimum Gasteiger partial charge on any atom is -0.455 e. The molecule has 0 saturated carbocycles. The van der Waals surface area contributed by atoms with Crippen LogP contribution in [0.4, 0.5) is 0 Å². The molecule has 0 unspecified atom stereocenters. The number of rotatable bonds is 6. The molecule has 1 amide bonds. The predicted molar refractivity (Wildman–Crippen MR) is 126 cm³/mol. The van der Waals surface area contributed by atoms with Crippen molar-refractivity contribution < 1.29 is 14.3 Å². The minimum atomic E-state index is -1.91. The highest BCUT2D eigenvalue weighted by Crippen LogP contribution is 2.32. The third kappa shape index (κ3) is 4.46. The fourth-order valence-electron chi connectivity index (χ4n) is 3.28. The van der Waals surface area contributed by atoms with E-state index < -0.39 is 11.5 Å². The first kappa shape index (κ1) is 21.8. The van der Waals surface area contributed by atoms with Crippen molar-refractivity contribution >= 4 is 35.3 Å². The molecule has 0 aliphatic heterocycles. The maximum atomic E-state index is 13.0. The molecular formula is C25H18Cl2N2O3. The van der Waals surface area contributed by atoms with Gasteiger partial charge in [-0.05, 0) is 41.5 Å². The summed E-state index contributed by atoms with van der Waals surface area (Å²) in [4.78, 5) is 13.0. The summed E-state index contributed by atoms with van der Waals surface area (Å²) >= 11 is 12.3. The summed E-state index contributed by atoms with van der Waals surface area (Å²) in [6, 6.07) is 25.9. The largest absolute Gasteiger partial charge is 0.455 e. The Kier molecular flexibility index (Phi) is 6.42. The Hall–Kier alpha value is -3.38. The number of nitrogens with one attached hydrogen (secondary N) is 1. The monoisotopic (exact) mass is 464 g/mol. The molecule has 0 aliphatic rings. The van der Waals surface area contributed by atoms with Crippen molar-refractivity contribution in [2.45, 2.75) is 5.60 Å². The van der Waals surface area contributed by atoms with Gasteiger partial charge in [0.15, 0.2) is 5.60 Å². The molecule has 4 aromatic rings. The highest BCUT2D eigenvalue weighted by Gasteiger charge is 2.39. The lowest BCUT2D eigenvalue weighted by Gasteiger charge is -2.26. The Morgan fingerprint density at radius 3 is 2.16 bits per heavy atom. The van der Waals surface area contributed by atoms with Crippen molar-refractivity contribution in [3.05, 3.63) is 118 Å². The fourth-order valence-corrected chi connectivity index (χ4v) is 3.66. The molecule has 32 heavy (non-hydrogen) atoms. The van der Waals surface area contributed by atoms with Crippen molar-refractivity contribution in [2.75, 3.05) is 0 Å². The number of halogens is 2. The predicted octanol–water partition coefficient (Wildman–Crippen LogP) is 5.64. The number of benzene rings is 3. The first-order valence-corrected chi connectivity index (χ1v) is 10.5. The quantitative estimate of drug-likeness (QED) is 0.286. The zero-order valence-electron chi connectivity index (χ0n) is 16.7. The molecule has 3 aromatic carbocycles. The molecular weight excluding hydrogens is 447 g/mol. The van der Waals surface area contributed by atoms with Crippen LogP contribution in [0.15, 0.2) is 101 Å². The van der Waals surface area contributed by atoms with Gasteiger partial charge in [0.2, 0.25) is 0 Å². The number of carbonyl (C=O) groups excluding carboxylic acids is 1. The number of aliphatic hydroxyl groups is 1. The van der Waals surface area contributed by atoms with Gasteiger partial charge in [-0.2, -0.15) is 5.10 Å². The summed E-state index contributed by atoms with van der Waals surface area (Å²) in [5, 5.41) is 16.4. The van der Waals surface area contributed by atoms with Crippen molar-refractivity contribution in [3.8, 4) is 11.3 Å². The molecule has 0 fully saturated rings. The van der Waals surface area contributed by atoms with E-state index in [1.165, 1.54) is 6.21 Å². The third-order valence-corrected chi connectivity index (χ3v) is 5.45. The lowest BCUT2D eigenvalue weighted by molar-refractivity contribution is -0.136. The molecule has 0 saturated heterocycles. The number of amides is 1. The van der Waals surface area contributed by atoms with Gasteiger partial charge in [0, 0.05) is 10.6 Å². The maximum absolute atomic E-state index is 13.0. The summed E-state index contributed by atoms with van der Waals surface area (Å²) in [6.45, 7) is 0. The standard InChI is InChI=1S/C25H18Cl2N2O3/c26-19-11-13-22(27)21(15-19)23-14-12-20(32-23)16-28-29-24(30)25(31,17-7-3-1-4-8-17)18-9-5-2-6-10-18/h1-16,31H,(H,29,30)/b28-16-. The van der Waals surface area contributed by atoms with Gasteiger partial charge in [0.25, 0.3) is 5.91 Å². The number of hydrogen-bond donors (Lipinski definition) is 2. The maximum Gasteiger partial charge on any atom is 0.281 e. The van der Waals surface area contributed by atoms with Crippen molar-refractivity contribution in [3.63, 3.8) is 0 Å². The Morgan fingerprint density at radius 2 is 1.53 bits per heavy atom. The molecule has 160 valence electrons. The molecule has 1 aromatic heterocycles. The van der Waals surface area contributed by atoms with Crippen LogP contribution >= 0.6 is 23.2 Å². The first-order valence-electron chi connectivity index (χ1n) is 9.70. The van der Waals surface area contributed by atoms with Crippen LogP contribution in [-0.2, 0) is 10.4 Å². The Balaban J connectivity index is 1.56. The average molecular weight is 465 g/mol. The average Bonchev–Trinajstić information content (AvgIpc) is 3.30. The lowest BCUT2D eigenvalue weighted by atomic mass is 9.85. The van der Waals surface area contributed by atoms with Crippen LogP contribution in [0.5, 0.6) is 0 Å². The number of furan rings is 1. The van der Waals surface area contributed by atoms with Crippen molar-refractivity contribution in [1.82, 2.24) is 5.43 Å². The Bertz CT molecular complexity index is 1220. The molecule has 7 heteroatoms. The summed E-state index contributed by atoms with van der Waals surface area (Å²) in [5.74, 6) is 0.200. The van der Waals surface area contributed by atoms with Gasteiger partial charge in [0.05, 0.1) is 11.2 Å². The van der Waals surface area contributed by atoms with E-state index in [1.54, 1.807) is 78.9 Å². The van der Waals surface area contributed by atoms with Crippen LogP contribution in [0, 0.1) is 0 Å². The van der Waals surface area contributed by atoms with Crippen LogP contribution in [0.3, 0.4) is 0 Å². The molecule has 2 N–H and O–H groups in total. The van der Waals surface area contributed by atoms with E-state index in [2.05, 4.69) is 10.5 Å². The SMILES string of the molecule is O=C(N/N=C\c1ccc(-c2cc(Cl)ccc2Cl)o1)C(O)(c1ccccc1)c1ccccc1. The van der Waals surface area contributed by atoms with Gasteiger partial charge >= 0.3 is 0 Å². The second kappa shape index (κ2) is 9.40. The van der Waals surface area contributed by atoms with Gasteiger partial charge < -0.3 is 9.52 Å². The van der Waals surface area contributed by atoms with Crippen LogP contribution in [0.25, 0.3) is 11.3 Å². The molecule has 0 bridgehead atoms. The molecule has 0 spiro atoms. The Labute approximate surface area is 194 Å². The molecule has 0 aliphatic carbocycles. The van der Waals surface area contributed by atoms with Gasteiger partial charge in [-0.15, -0.1) is 0 Å². The second-order valence-electron chi connectivity index (χ2n) is 6.97. The van der Waals surface area contributed by atoms with Gasteiger partial charge in [0.1, 0.15) is 11.5 Å². The van der Waals surface area contributed by atoms with Crippen molar-refractivity contribution in [2.24, 2.45) is 5.10 Å². The van der Waals surface area contributed by atoms with E-state index in [0.29, 0.717) is 38.3 Å². The van der Waals surface area contributed by atoms with Gasteiger partial charge in [-0.25, -0.2) is 5.43 Å². The smallest absolute Gasteiger partial charge is 0.281 e. The zero-order valence-corrected chi connectivity index (χ0v) is 18.2.